The van der Waals surface area contributed by atoms with Crippen LogP contribution in [0.5, 0.6) is 17.2 Å². The van der Waals surface area contributed by atoms with Crippen LogP contribution < -0.4 is 19.8 Å². The molecule has 11 heteroatoms. The number of aromatic nitrogens is 1. The predicted molar refractivity (Wildman–Crippen MR) is 131 cm³/mol. The number of benzene rings is 2. The lowest BCUT2D eigenvalue weighted by Gasteiger charge is -2.18. The number of hydrogen-bond acceptors (Lipinski definition) is 6. The summed E-state index contributed by atoms with van der Waals surface area (Å²) in [7, 11) is 1.72. The summed E-state index contributed by atoms with van der Waals surface area (Å²) in [6.07, 6.45) is 1.52. The SMILES string of the molecule is CCS(=O)(=O)Nc1ccc(Oc2ccc(F)cc2F)c(-c2cn(C)c(=O)cc2OCCN(C)C)c1. The standard InChI is InChI=1S/C24H27F2N3O5S/c1-5-35(31,32)27-17-7-9-21(34-22-8-6-16(25)12-20(22)26)18(13-17)19-15-29(4)24(30)14-23(19)33-11-10-28(2)3/h6-9,12-15,27H,5,10-11H2,1-4H3. The van der Waals surface area contributed by atoms with Gasteiger partial charge in [-0.05, 0) is 51.4 Å². The molecule has 2 aromatic carbocycles. The molecule has 0 amide bonds. The minimum Gasteiger partial charge on any atom is -0.491 e. The van der Waals surface area contributed by atoms with E-state index in [1.165, 1.54) is 42.0 Å². The summed E-state index contributed by atoms with van der Waals surface area (Å²) in [5.74, 6) is -1.64. The van der Waals surface area contributed by atoms with Crippen molar-refractivity contribution in [1.82, 2.24) is 9.47 Å². The van der Waals surface area contributed by atoms with Crippen molar-refractivity contribution in [1.29, 1.82) is 0 Å². The normalized spacial score (nSPS) is 11.5. The number of pyridine rings is 1. The molecular formula is C24H27F2N3O5S. The molecule has 0 aliphatic rings. The van der Waals surface area contributed by atoms with E-state index < -0.39 is 21.7 Å². The Morgan fingerprint density at radius 1 is 1.00 bits per heavy atom. The molecule has 0 saturated heterocycles. The minimum absolute atomic E-state index is 0.139. The third kappa shape index (κ3) is 6.80. The smallest absolute Gasteiger partial charge is 0.254 e. The summed E-state index contributed by atoms with van der Waals surface area (Å²) in [6.45, 7) is 2.36. The molecule has 0 bridgehead atoms. The topological polar surface area (TPSA) is 89.9 Å². The zero-order valence-corrected chi connectivity index (χ0v) is 20.7. The van der Waals surface area contributed by atoms with Gasteiger partial charge in [-0.1, -0.05) is 0 Å². The van der Waals surface area contributed by atoms with Crippen molar-refractivity contribution in [3.63, 3.8) is 0 Å². The van der Waals surface area contributed by atoms with E-state index in [4.69, 9.17) is 9.47 Å². The molecular weight excluding hydrogens is 480 g/mol. The molecule has 1 N–H and O–H groups in total. The van der Waals surface area contributed by atoms with Crippen molar-refractivity contribution in [2.75, 3.05) is 37.7 Å². The second-order valence-electron chi connectivity index (χ2n) is 8.05. The second kappa shape index (κ2) is 10.9. The van der Waals surface area contributed by atoms with Crippen LogP contribution in [0.1, 0.15) is 6.92 Å². The molecule has 0 aliphatic carbocycles. The van der Waals surface area contributed by atoms with Gasteiger partial charge >= 0.3 is 0 Å². The summed E-state index contributed by atoms with van der Waals surface area (Å²) < 4.78 is 67.4. The highest BCUT2D eigenvalue weighted by atomic mass is 32.2. The van der Waals surface area contributed by atoms with Gasteiger partial charge in [-0.2, -0.15) is 0 Å². The fraction of sp³-hybridized carbons (Fsp3) is 0.292. The average Bonchev–Trinajstić information content (AvgIpc) is 2.78. The minimum atomic E-state index is -3.59. The number of rotatable bonds is 10. The Kier molecular flexibility index (Phi) is 8.13. The zero-order chi connectivity index (χ0) is 25.8. The van der Waals surface area contributed by atoms with Gasteiger partial charge < -0.3 is 18.9 Å². The van der Waals surface area contributed by atoms with E-state index >= 15 is 0 Å². The highest BCUT2D eigenvalue weighted by molar-refractivity contribution is 7.92. The fourth-order valence-electron chi connectivity index (χ4n) is 3.09. The molecule has 3 aromatic rings. The number of halogens is 2. The average molecular weight is 508 g/mol. The number of sulfonamides is 1. The lowest BCUT2D eigenvalue weighted by Crippen LogP contribution is -2.21. The summed E-state index contributed by atoms with van der Waals surface area (Å²) in [6, 6.07) is 8.64. The maximum Gasteiger partial charge on any atom is 0.254 e. The van der Waals surface area contributed by atoms with Crippen molar-refractivity contribution in [3.05, 3.63) is 70.6 Å². The Bertz CT molecular complexity index is 1370. The Morgan fingerprint density at radius 2 is 1.71 bits per heavy atom. The van der Waals surface area contributed by atoms with Gasteiger partial charge in [0, 0.05) is 48.7 Å². The number of hydrogen-bond donors (Lipinski definition) is 1. The lowest BCUT2D eigenvalue weighted by atomic mass is 10.0. The molecule has 0 fully saturated rings. The van der Waals surface area contributed by atoms with Crippen LogP contribution in [0.2, 0.25) is 0 Å². The molecule has 1 heterocycles. The first-order chi connectivity index (χ1) is 16.5. The van der Waals surface area contributed by atoms with Gasteiger partial charge in [0.15, 0.2) is 11.6 Å². The molecule has 0 aliphatic heterocycles. The molecule has 188 valence electrons. The molecule has 1 aromatic heterocycles. The van der Waals surface area contributed by atoms with Crippen LogP contribution >= 0.6 is 0 Å². The number of ether oxygens (including phenoxy) is 2. The van der Waals surface area contributed by atoms with Gasteiger partial charge in [-0.3, -0.25) is 9.52 Å². The lowest BCUT2D eigenvalue weighted by molar-refractivity contribution is 0.261. The van der Waals surface area contributed by atoms with Crippen LogP contribution in [0, 0.1) is 11.6 Å². The first kappa shape index (κ1) is 26.2. The van der Waals surface area contributed by atoms with Gasteiger partial charge in [0.05, 0.1) is 5.75 Å². The van der Waals surface area contributed by atoms with Crippen molar-refractivity contribution in [3.8, 4) is 28.4 Å². The molecule has 3 rings (SSSR count). The molecule has 0 spiro atoms. The van der Waals surface area contributed by atoms with E-state index in [2.05, 4.69) is 4.72 Å². The van der Waals surface area contributed by atoms with Crippen LogP contribution in [-0.2, 0) is 17.1 Å². The van der Waals surface area contributed by atoms with E-state index in [1.807, 2.05) is 19.0 Å². The summed E-state index contributed by atoms with van der Waals surface area (Å²) in [5, 5.41) is 0. The van der Waals surface area contributed by atoms with Crippen molar-refractivity contribution in [2.45, 2.75) is 6.92 Å². The molecule has 0 atom stereocenters. The van der Waals surface area contributed by atoms with Crippen molar-refractivity contribution < 1.29 is 26.7 Å². The third-order valence-electron chi connectivity index (χ3n) is 5.02. The fourth-order valence-corrected chi connectivity index (χ4v) is 3.72. The van der Waals surface area contributed by atoms with Crippen LogP contribution in [0.3, 0.4) is 0 Å². The van der Waals surface area contributed by atoms with Gasteiger partial charge in [0.1, 0.15) is 23.9 Å². The highest BCUT2D eigenvalue weighted by Gasteiger charge is 2.18. The van der Waals surface area contributed by atoms with E-state index in [1.54, 1.807) is 7.05 Å². The second-order valence-corrected chi connectivity index (χ2v) is 10.1. The molecule has 8 nitrogen and oxygen atoms in total. The quantitative estimate of drug-likeness (QED) is 0.449. The highest BCUT2D eigenvalue weighted by Crippen LogP contribution is 2.40. The Balaban J connectivity index is 2.16. The molecule has 0 saturated carbocycles. The number of likely N-dealkylation sites (N-methyl/N-ethyl adjacent to an activating group) is 1. The molecule has 35 heavy (non-hydrogen) atoms. The zero-order valence-electron chi connectivity index (χ0n) is 19.8. The largest absolute Gasteiger partial charge is 0.491 e. The summed E-state index contributed by atoms with van der Waals surface area (Å²) >= 11 is 0. The Morgan fingerprint density at radius 3 is 2.37 bits per heavy atom. The van der Waals surface area contributed by atoms with E-state index in [0.29, 0.717) is 23.7 Å². The van der Waals surface area contributed by atoms with Gasteiger partial charge in [-0.15, -0.1) is 0 Å². The van der Waals surface area contributed by atoms with Crippen molar-refractivity contribution >= 4 is 15.7 Å². The van der Waals surface area contributed by atoms with E-state index in [9.17, 15) is 22.0 Å². The van der Waals surface area contributed by atoms with Gasteiger partial charge in [0.25, 0.3) is 5.56 Å². The maximum atomic E-state index is 14.3. The van der Waals surface area contributed by atoms with E-state index in [-0.39, 0.29) is 40.9 Å². The monoisotopic (exact) mass is 507 g/mol. The first-order valence-corrected chi connectivity index (χ1v) is 12.4. The maximum absolute atomic E-state index is 14.3. The van der Waals surface area contributed by atoms with Crippen LogP contribution in [-0.4, -0.2) is 50.9 Å². The van der Waals surface area contributed by atoms with Crippen LogP contribution in [0.15, 0.2) is 53.5 Å². The van der Waals surface area contributed by atoms with Gasteiger partial charge in [0.2, 0.25) is 10.0 Å². The number of nitrogens with one attached hydrogen (secondary N) is 1. The number of nitrogens with zero attached hydrogens (tertiary/aromatic N) is 2. The summed E-state index contributed by atoms with van der Waals surface area (Å²) in [5.41, 5.74) is 0.673. The Labute approximate surface area is 202 Å². The Hall–Kier alpha value is -3.44. The van der Waals surface area contributed by atoms with E-state index in [0.717, 1.165) is 12.1 Å². The number of aryl methyl sites for hydroxylation is 1. The predicted octanol–water partition coefficient (Wildman–Crippen LogP) is 3.82. The van der Waals surface area contributed by atoms with Crippen molar-refractivity contribution in [2.24, 2.45) is 7.05 Å². The molecule has 0 radical (unpaired) electrons. The number of anilines is 1. The first-order valence-electron chi connectivity index (χ1n) is 10.7. The van der Waals surface area contributed by atoms with Gasteiger partial charge in [-0.25, -0.2) is 17.2 Å². The van der Waals surface area contributed by atoms with Crippen LogP contribution in [0.25, 0.3) is 11.1 Å². The summed E-state index contributed by atoms with van der Waals surface area (Å²) in [4.78, 5) is 14.2. The third-order valence-corrected chi connectivity index (χ3v) is 6.33. The van der Waals surface area contributed by atoms with Crippen LogP contribution in [0.4, 0.5) is 14.5 Å². The molecule has 0 unspecified atom stereocenters.